The maximum absolute atomic E-state index is 12.9. The molecule has 0 aliphatic rings. The molecule has 94 valence electrons. The van der Waals surface area contributed by atoms with Crippen LogP contribution in [0.2, 0.25) is 0 Å². The second-order valence-corrected chi connectivity index (χ2v) is 4.54. The summed E-state index contributed by atoms with van der Waals surface area (Å²) in [6.07, 6.45) is -4.93. The fourth-order valence-electron chi connectivity index (χ4n) is 1.12. The zero-order valence-electron chi connectivity index (χ0n) is 8.52. The minimum absolute atomic E-state index is 0.452. The normalized spacial score (nSPS) is 13.3. The van der Waals surface area contributed by atoms with Crippen molar-refractivity contribution in [1.82, 2.24) is 0 Å². The van der Waals surface area contributed by atoms with Crippen molar-refractivity contribution >= 4 is 21.7 Å². The van der Waals surface area contributed by atoms with E-state index >= 15 is 0 Å². The third kappa shape index (κ3) is 3.99. The van der Waals surface area contributed by atoms with Crippen LogP contribution in [0.4, 0.5) is 17.6 Å². The highest BCUT2D eigenvalue weighted by molar-refractivity contribution is 9.10. The number of Topliss-reactive ketones (excluding diaryl/α,β-unsaturated/α-hetero) is 1. The van der Waals surface area contributed by atoms with E-state index in [4.69, 9.17) is 0 Å². The minimum Gasteiger partial charge on any atom is -0.405 e. The van der Waals surface area contributed by atoms with Gasteiger partial charge < -0.3 is 4.74 Å². The molecule has 0 fully saturated rings. The van der Waals surface area contributed by atoms with Crippen molar-refractivity contribution in [2.45, 2.75) is 18.1 Å². The van der Waals surface area contributed by atoms with Gasteiger partial charge in [-0.15, -0.1) is 13.2 Å². The molecule has 0 N–H and O–H groups in total. The lowest BCUT2D eigenvalue weighted by atomic mass is 10.1. The highest BCUT2D eigenvalue weighted by Crippen LogP contribution is 2.28. The van der Waals surface area contributed by atoms with Crippen molar-refractivity contribution in [2.75, 3.05) is 0 Å². The van der Waals surface area contributed by atoms with E-state index in [1.165, 1.54) is 6.92 Å². The Morgan fingerprint density at radius 2 is 2.00 bits per heavy atom. The molecule has 0 bridgehead atoms. The van der Waals surface area contributed by atoms with Crippen LogP contribution in [-0.2, 0) is 0 Å². The fourth-order valence-corrected chi connectivity index (χ4v) is 1.37. The number of halogens is 5. The van der Waals surface area contributed by atoms with Crippen LogP contribution in [0, 0.1) is 5.82 Å². The quantitative estimate of drug-likeness (QED) is 0.483. The maximum Gasteiger partial charge on any atom is 0.573 e. The third-order valence-corrected chi connectivity index (χ3v) is 2.21. The molecule has 1 atom stereocenters. The van der Waals surface area contributed by atoms with Gasteiger partial charge in [0, 0.05) is 0 Å². The minimum atomic E-state index is -4.93. The summed E-state index contributed by atoms with van der Waals surface area (Å²) in [4.78, 5) is 10.8. The molecule has 0 aromatic heterocycles. The molecule has 0 spiro atoms. The van der Waals surface area contributed by atoms with E-state index in [0.29, 0.717) is 6.07 Å². The topological polar surface area (TPSA) is 26.3 Å². The molecule has 1 unspecified atom stereocenters. The highest BCUT2D eigenvalue weighted by atomic mass is 79.9. The Bertz CT molecular complexity index is 429. The van der Waals surface area contributed by atoms with E-state index in [2.05, 4.69) is 20.7 Å². The van der Waals surface area contributed by atoms with Gasteiger partial charge in [0.25, 0.3) is 0 Å². The van der Waals surface area contributed by atoms with Crippen molar-refractivity contribution in [1.29, 1.82) is 0 Å². The number of ketones is 1. The summed E-state index contributed by atoms with van der Waals surface area (Å²) in [6, 6.07) is 2.27. The van der Waals surface area contributed by atoms with Gasteiger partial charge >= 0.3 is 6.36 Å². The van der Waals surface area contributed by atoms with Gasteiger partial charge in [0.15, 0.2) is 5.78 Å². The number of carbonyl (C=O) groups is 1. The SMILES string of the molecule is CC(Br)C(=O)c1cc(F)ccc1OC(F)(F)F. The van der Waals surface area contributed by atoms with Gasteiger partial charge in [-0.25, -0.2) is 4.39 Å². The predicted molar refractivity (Wildman–Crippen MR) is 55.8 cm³/mol. The number of carbonyl (C=O) groups excluding carboxylic acids is 1. The van der Waals surface area contributed by atoms with Gasteiger partial charge in [0.1, 0.15) is 11.6 Å². The average Bonchev–Trinajstić information content (AvgIpc) is 2.17. The van der Waals surface area contributed by atoms with E-state index in [1.807, 2.05) is 0 Å². The van der Waals surface area contributed by atoms with Gasteiger partial charge in [-0.3, -0.25) is 4.79 Å². The van der Waals surface area contributed by atoms with Crippen LogP contribution < -0.4 is 4.74 Å². The number of hydrogen-bond acceptors (Lipinski definition) is 2. The molecule has 2 nitrogen and oxygen atoms in total. The summed E-state index contributed by atoms with van der Waals surface area (Å²) in [6.45, 7) is 1.42. The van der Waals surface area contributed by atoms with Crippen molar-refractivity contribution < 1.29 is 27.1 Å². The lowest BCUT2D eigenvalue weighted by molar-refractivity contribution is -0.274. The lowest BCUT2D eigenvalue weighted by Gasteiger charge is -2.13. The predicted octanol–water partition coefficient (Wildman–Crippen LogP) is 3.69. The van der Waals surface area contributed by atoms with E-state index in [9.17, 15) is 22.4 Å². The first-order valence-electron chi connectivity index (χ1n) is 4.44. The first-order chi connectivity index (χ1) is 7.70. The summed E-state index contributed by atoms with van der Waals surface area (Å²) < 4.78 is 52.7. The average molecular weight is 315 g/mol. The van der Waals surface area contributed by atoms with Gasteiger partial charge in [-0.05, 0) is 25.1 Å². The summed E-state index contributed by atoms with van der Waals surface area (Å²) >= 11 is 2.91. The van der Waals surface area contributed by atoms with Crippen LogP contribution in [0.15, 0.2) is 18.2 Å². The van der Waals surface area contributed by atoms with E-state index in [0.717, 1.165) is 12.1 Å². The molecular weight excluding hydrogens is 308 g/mol. The molecular formula is C10H7BrF4O2. The second kappa shape index (κ2) is 5.03. The molecule has 0 aliphatic heterocycles. The molecule has 1 rings (SSSR count). The lowest BCUT2D eigenvalue weighted by Crippen LogP contribution is -2.20. The number of ether oxygens (including phenoxy) is 1. The molecule has 1 aromatic rings. The standard InChI is InChI=1S/C10H7BrF4O2/c1-5(11)9(16)7-4-6(12)2-3-8(7)17-10(13,14)15/h2-5H,1H3. The largest absolute Gasteiger partial charge is 0.573 e. The Kier molecular flexibility index (Phi) is 4.13. The fraction of sp³-hybridized carbons (Fsp3) is 0.300. The molecule has 17 heavy (non-hydrogen) atoms. The van der Waals surface area contributed by atoms with Gasteiger partial charge in [-0.2, -0.15) is 0 Å². The van der Waals surface area contributed by atoms with Crippen LogP contribution in [0.3, 0.4) is 0 Å². The third-order valence-electron chi connectivity index (χ3n) is 1.79. The molecule has 0 aliphatic carbocycles. The Morgan fingerprint density at radius 1 is 1.41 bits per heavy atom. The van der Waals surface area contributed by atoms with Crippen LogP contribution >= 0.6 is 15.9 Å². The van der Waals surface area contributed by atoms with Crippen LogP contribution in [0.25, 0.3) is 0 Å². The maximum atomic E-state index is 12.9. The Morgan fingerprint density at radius 3 is 2.47 bits per heavy atom. The van der Waals surface area contributed by atoms with E-state index < -0.39 is 34.1 Å². The molecule has 0 amide bonds. The summed E-state index contributed by atoms with van der Waals surface area (Å²) in [5.74, 6) is -2.21. The molecule has 0 saturated heterocycles. The smallest absolute Gasteiger partial charge is 0.405 e. The first kappa shape index (κ1) is 14.0. The Labute approximate surface area is 103 Å². The zero-order valence-corrected chi connectivity index (χ0v) is 10.1. The van der Waals surface area contributed by atoms with Crippen molar-refractivity contribution in [3.8, 4) is 5.75 Å². The van der Waals surface area contributed by atoms with Gasteiger partial charge in [-0.1, -0.05) is 15.9 Å². The second-order valence-electron chi connectivity index (χ2n) is 3.17. The Balaban J connectivity index is 3.17. The number of hydrogen-bond donors (Lipinski definition) is 0. The molecule has 7 heteroatoms. The molecule has 0 radical (unpaired) electrons. The van der Waals surface area contributed by atoms with Crippen LogP contribution in [0.1, 0.15) is 17.3 Å². The van der Waals surface area contributed by atoms with Gasteiger partial charge in [0.2, 0.25) is 0 Å². The Hall–Kier alpha value is -1.11. The zero-order chi connectivity index (χ0) is 13.2. The summed E-state index contributed by atoms with van der Waals surface area (Å²) in [7, 11) is 0. The number of alkyl halides is 4. The molecule has 0 heterocycles. The van der Waals surface area contributed by atoms with E-state index in [1.54, 1.807) is 0 Å². The van der Waals surface area contributed by atoms with Crippen molar-refractivity contribution in [3.05, 3.63) is 29.6 Å². The van der Waals surface area contributed by atoms with E-state index in [-0.39, 0.29) is 0 Å². The van der Waals surface area contributed by atoms with Crippen molar-refractivity contribution in [2.24, 2.45) is 0 Å². The van der Waals surface area contributed by atoms with Gasteiger partial charge in [0.05, 0.1) is 10.4 Å². The van der Waals surface area contributed by atoms with Crippen LogP contribution in [-0.4, -0.2) is 17.0 Å². The number of rotatable bonds is 3. The highest BCUT2D eigenvalue weighted by Gasteiger charge is 2.33. The number of benzene rings is 1. The summed E-state index contributed by atoms with van der Waals surface area (Å²) in [5.41, 5.74) is -0.452. The molecule has 1 aromatic carbocycles. The molecule has 0 saturated carbocycles. The first-order valence-corrected chi connectivity index (χ1v) is 5.36. The van der Waals surface area contributed by atoms with Crippen molar-refractivity contribution in [3.63, 3.8) is 0 Å². The monoisotopic (exact) mass is 314 g/mol. The van der Waals surface area contributed by atoms with Crippen LogP contribution in [0.5, 0.6) is 5.75 Å². The summed E-state index contributed by atoms with van der Waals surface area (Å²) in [5, 5.41) is 0.